The minimum Gasteiger partial charge on any atom is -0.506 e. The first-order chi connectivity index (χ1) is 14.4. The number of hydrogen-bond donors (Lipinski definition) is 1. The van der Waals surface area contributed by atoms with Gasteiger partial charge in [-0.25, -0.2) is 0 Å². The van der Waals surface area contributed by atoms with Gasteiger partial charge in [-0.15, -0.1) is 0 Å². The second-order valence-electron chi connectivity index (χ2n) is 8.45. The summed E-state index contributed by atoms with van der Waals surface area (Å²) < 4.78 is 5.29. The largest absolute Gasteiger partial charge is 0.506 e. The zero-order chi connectivity index (χ0) is 23.1. The van der Waals surface area contributed by atoms with Crippen LogP contribution in [0.2, 0.25) is 0 Å². The molecule has 1 aliphatic carbocycles. The monoisotopic (exact) mass is 423 g/mol. The molecular weight excluding hydrogens is 401 g/mol. The molecule has 7 nitrogen and oxygen atoms in total. The first-order valence-electron chi connectivity index (χ1n) is 9.72. The fourth-order valence-corrected chi connectivity index (χ4v) is 3.59. The van der Waals surface area contributed by atoms with Crippen molar-refractivity contribution in [2.24, 2.45) is 0 Å². The van der Waals surface area contributed by atoms with Gasteiger partial charge in [-0.2, -0.15) is 0 Å². The number of Topliss-reactive ketones (excluding diaryl/α,β-unsaturated/α-hetero) is 2. The number of aromatic hydroxyl groups is 1. The van der Waals surface area contributed by atoms with E-state index < -0.39 is 53.3 Å². The number of fused-ring (bicyclic) bond motifs is 2. The Hall–Kier alpha value is -3.61. The van der Waals surface area contributed by atoms with E-state index in [1.54, 1.807) is 32.9 Å². The number of ketones is 4. The number of carbonyl (C=O) groups excluding carboxylic acids is 5. The van der Waals surface area contributed by atoms with Crippen LogP contribution in [-0.2, 0) is 20.7 Å². The van der Waals surface area contributed by atoms with Crippen LogP contribution < -0.4 is 0 Å². The molecule has 0 heterocycles. The van der Waals surface area contributed by atoms with Crippen LogP contribution in [0.4, 0.5) is 0 Å². The van der Waals surface area contributed by atoms with E-state index in [1.165, 1.54) is 25.1 Å². The Kier molecular flexibility index (Phi) is 5.63. The van der Waals surface area contributed by atoms with Crippen LogP contribution in [0.25, 0.3) is 0 Å². The number of rotatable bonds is 5. The van der Waals surface area contributed by atoms with E-state index in [4.69, 9.17) is 4.74 Å². The zero-order valence-corrected chi connectivity index (χ0v) is 17.7. The second-order valence-corrected chi connectivity index (χ2v) is 8.45. The average molecular weight is 423 g/mol. The van der Waals surface area contributed by atoms with Gasteiger partial charge in [0.25, 0.3) is 0 Å². The van der Waals surface area contributed by atoms with Crippen molar-refractivity contribution in [2.75, 3.05) is 0 Å². The second kappa shape index (κ2) is 7.91. The molecular formula is C24H22O7. The molecule has 0 fully saturated rings. The van der Waals surface area contributed by atoms with Crippen molar-refractivity contribution in [3.63, 3.8) is 0 Å². The standard InChI is InChI=1S/C24H22O7/c1-12(25)9-17(26)19-13(11-18(27)31-24(2,3)4)10-16-20(23(19)30)22(29)15-8-6-5-7-14(15)21(16)28/h5-8,10,30H,9,11H2,1-4H3/i12+1. The Bertz CT molecular complexity index is 1150. The summed E-state index contributed by atoms with van der Waals surface area (Å²) in [5.74, 6) is -3.68. The highest BCUT2D eigenvalue weighted by Crippen LogP contribution is 2.38. The number of phenols is 1. The smallest absolute Gasteiger partial charge is 0.310 e. The van der Waals surface area contributed by atoms with Crippen molar-refractivity contribution in [2.45, 2.75) is 46.1 Å². The first kappa shape index (κ1) is 22.1. The molecule has 160 valence electrons. The highest BCUT2D eigenvalue weighted by atomic mass is 16.6. The molecule has 0 aliphatic heterocycles. The number of hydrogen-bond acceptors (Lipinski definition) is 7. The molecule has 0 saturated heterocycles. The van der Waals surface area contributed by atoms with E-state index >= 15 is 0 Å². The molecule has 7 heteroatoms. The molecule has 1 N–H and O–H groups in total. The van der Waals surface area contributed by atoms with E-state index in [2.05, 4.69) is 0 Å². The molecule has 0 bridgehead atoms. The third-order valence-electron chi connectivity index (χ3n) is 4.71. The van der Waals surface area contributed by atoms with Crippen LogP contribution in [0.15, 0.2) is 30.3 Å². The molecule has 2 aromatic carbocycles. The zero-order valence-electron chi connectivity index (χ0n) is 17.7. The summed E-state index contributed by atoms with van der Waals surface area (Å²) in [7, 11) is 0. The topological polar surface area (TPSA) is 115 Å². The maximum Gasteiger partial charge on any atom is 0.310 e. The summed E-state index contributed by atoms with van der Waals surface area (Å²) in [4.78, 5) is 62.7. The SMILES string of the molecule is C[13C](=O)CC(=O)c1c(CC(=O)OC(C)(C)C)cc2c(c1O)C(=O)c1ccccc1C2=O. The molecule has 0 unspecified atom stereocenters. The highest BCUT2D eigenvalue weighted by Gasteiger charge is 2.36. The minimum absolute atomic E-state index is 0.0253. The van der Waals surface area contributed by atoms with Crippen LogP contribution in [0.1, 0.15) is 81.9 Å². The van der Waals surface area contributed by atoms with Crippen LogP contribution in [0.3, 0.4) is 0 Å². The van der Waals surface area contributed by atoms with E-state index in [1.807, 2.05) is 0 Å². The molecule has 0 atom stereocenters. The van der Waals surface area contributed by atoms with E-state index in [0.717, 1.165) is 0 Å². The van der Waals surface area contributed by atoms with Gasteiger partial charge in [0.1, 0.15) is 17.1 Å². The first-order valence-corrected chi connectivity index (χ1v) is 9.72. The summed E-state index contributed by atoms with van der Waals surface area (Å²) in [5, 5.41) is 10.9. The number of ether oxygens (including phenoxy) is 1. The predicted octanol–water partition coefficient (Wildman–Crippen LogP) is 3.21. The molecule has 3 rings (SSSR count). The molecule has 0 aromatic heterocycles. The highest BCUT2D eigenvalue weighted by molar-refractivity contribution is 6.30. The molecule has 1 aliphatic rings. The van der Waals surface area contributed by atoms with Crippen LogP contribution in [-0.4, -0.2) is 39.8 Å². The number of esters is 1. The Labute approximate surface area is 179 Å². The average Bonchev–Trinajstić information content (AvgIpc) is 2.63. The maximum atomic E-state index is 13.0. The lowest BCUT2D eigenvalue weighted by atomic mass is 9.80. The number of carbonyl (C=O) groups is 5. The Morgan fingerprint density at radius 1 is 0.968 bits per heavy atom. The maximum absolute atomic E-state index is 13.0. The summed E-state index contributed by atoms with van der Waals surface area (Å²) >= 11 is 0. The Morgan fingerprint density at radius 3 is 2.10 bits per heavy atom. The van der Waals surface area contributed by atoms with Crippen molar-refractivity contribution in [3.8, 4) is 5.75 Å². The van der Waals surface area contributed by atoms with Gasteiger partial charge in [0.15, 0.2) is 17.3 Å². The number of benzene rings is 2. The Balaban J connectivity index is 2.21. The van der Waals surface area contributed by atoms with E-state index in [9.17, 15) is 29.1 Å². The molecule has 2 aromatic rings. The lowest BCUT2D eigenvalue weighted by molar-refractivity contribution is -0.153. The fourth-order valence-electron chi connectivity index (χ4n) is 3.59. The van der Waals surface area contributed by atoms with E-state index in [-0.39, 0.29) is 33.4 Å². The van der Waals surface area contributed by atoms with Crippen LogP contribution in [0.5, 0.6) is 5.75 Å². The third-order valence-corrected chi connectivity index (χ3v) is 4.71. The van der Waals surface area contributed by atoms with Gasteiger partial charge >= 0.3 is 5.97 Å². The van der Waals surface area contributed by atoms with Crippen molar-refractivity contribution in [1.29, 1.82) is 0 Å². The van der Waals surface area contributed by atoms with Gasteiger partial charge in [0.2, 0.25) is 0 Å². The van der Waals surface area contributed by atoms with Gasteiger partial charge in [0, 0.05) is 16.7 Å². The molecule has 0 spiro atoms. The van der Waals surface area contributed by atoms with Gasteiger partial charge in [0.05, 0.1) is 24.0 Å². The molecule has 0 radical (unpaired) electrons. The summed E-state index contributed by atoms with van der Waals surface area (Å²) in [5.41, 5.74) is -1.20. The van der Waals surface area contributed by atoms with Gasteiger partial charge in [-0.05, 0) is 39.3 Å². The lowest BCUT2D eigenvalue weighted by Gasteiger charge is -2.23. The lowest BCUT2D eigenvalue weighted by Crippen LogP contribution is -2.27. The van der Waals surface area contributed by atoms with Crippen LogP contribution in [0, 0.1) is 0 Å². The Morgan fingerprint density at radius 2 is 1.55 bits per heavy atom. The minimum atomic E-state index is -0.790. The fraction of sp³-hybridized carbons (Fsp3) is 0.292. The molecule has 31 heavy (non-hydrogen) atoms. The quantitative estimate of drug-likeness (QED) is 0.290. The summed E-state index contributed by atoms with van der Waals surface area (Å²) in [6.45, 7) is 6.24. The van der Waals surface area contributed by atoms with Gasteiger partial charge < -0.3 is 9.84 Å². The predicted molar refractivity (Wildman–Crippen MR) is 111 cm³/mol. The molecule has 0 amide bonds. The van der Waals surface area contributed by atoms with Gasteiger partial charge in [-0.1, -0.05) is 24.3 Å². The van der Waals surface area contributed by atoms with Crippen molar-refractivity contribution in [1.82, 2.24) is 0 Å². The van der Waals surface area contributed by atoms with Crippen molar-refractivity contribution >= 4 is 29.1 Å². The summed E-state index contributed by atoms with van der Waals surface area (Å²) in [6, 6.07) is 7.43. The summed E-state index contributed by atoms with van der Waals surface area (Å²) in [6.07, 6.45) is -0.938. The van der Waals surface area contributed by atoms with Crippen molar-refractivity contribution < 1.29 is 33.8 Å². The van der Waals surface area contributed by atoms with Crippen molar-refractivity contribution in [3.05, 3.63) is 63.7 Å². The molecule has 0 saturated carbocycles. The van der Waals surface area contributed by atoms with Gasteiger partial charge in [-0.3, -0.25) is 24.0 Å². The number of phenolic OH excluding ortho intramolecular Hbond substituents is 1. The van der Waals surface area contributed by atoms with E-state index in [0.29, 0.717) is 0 Å². The third kappa shape index (κ3) is 4.30. The van der Waals surface area contributed by atoms with Crippen LogP contribution >= 0.6 is 0 Å². The normalized spacial score (nSPS) is 12.8.